The monoisotopic (exact) mass is 358 g/mol. The molecular weight excluding hydrogens is 332 g/mol. The van der Waals surface area contributed by atoms with E-state index < -0.39 is 11.4 Å². The minimum Gasteiger partial charge on any atom is -0.481 e. The molecule has 140 valence electrons. The van der Waals surface area contributed by atoms with E-state index in [4.69, 9.17) is 0 Å². The third-order valence-corrected chi connectivity index (χ3v) is 6.36. The molecule has 2 atom stereocenters. The smallest absolute Gasteiger partial charge is 0.313 e. The Morgan fingerprint density at radius 3 is 2.50 bits per heavy atom. The summed E-state index contributed by atoms with van der Waals surface area (Å²) in [5.74, 6) is 0.246. The number of aryl methyl sites for hydroxylation is 1. The summed E-state index contributed by atoms with van der Waals surface area (Å²) in [6.45, 7) is 4.61. The number of fused-ring (bicyclic) bond motifs is 1. The average Bonchev–Trinajstić information content (AvgIpc) is 3.30. The number of nitrogens with zero attached hydrogens (tertiary/aromatic N) is 4. The van der Waals surface area contributed by atoms with Crippen molar-refractivity contribution in [3.63, 3.8) is 0 Å². The Balaban J connectivity index is 1.45. The van der Waals surface area contributed by atoms with Crippen molar-refractivity contribution < 1.29 is 14.7 Å². The van der Waals surface area contributed by atoms with Gasteiger partial charge in [-0.15, -0.1) is 0 Å². The Bertz CT molecular complexity index is 701. The number of rotatable bonds is 4. The van der Waals surface area contributed by atoms with Crippen LogP contribution in [0.4, 0.5) is 0 Å². The van der Waals surface area contributed by atoms with Crippen molar-refractivity contribution >= 4 is 11.9 Å². The van der Waals surface area contributed by atoms with Gasteiger partial charge in [-0.05, 0) is 19.8 Å². The van der Waals surface area contributed by atoms with Gasteiger partial charge in [-0.25, -0.2) is 9.97 Å². The van der Waals surface area contributed by atoms with Gasteiger partial charge in [-0.3, -0.25) is 14.5 Å². The van der Waals surface area contributed by atoms with E-state index in [1.807, 2.05) is 11.8 Å². The third-order valence-electron chi connectivity index (χ3n) is 6.36. The Morgan fingerprint density at radius 1 is 1.19 bits per heavy atom. The van der Waals surface area contributed by atoms with E-state index in [9.17, 15) is 14.7 Å². The van der Waals surface area contributed by atoms with Gasteiger partial charge in [0, 0.05) is 62.5 Å². The highest BCUT2D eigenvalue weighted by atomic mass is 16.4. The van der Waals surface area contributed by atoms with Crippen molar-refractivity contribution in [2.75, 3.05) is 26.2 Å². The zero-order valence-corrected chi connectivity index (χ0v) is 15.2. The molecule has 1 aromatic rings. The average molecular weight is 358 g/mol. The second kappa shape index (κ2) is 6.61. The molecule has 0 unspecified atom stereocenters. The number of carbonyl (C=O) groups excluding carboxylic acids is 1. The summed E-state index contributed by atoms with van der Waals surface area (Å²) in [4.78, 5) is 37.3. The number of carboxylic acid groups (broad SMARTS) is 1. The molecule has 0 bridgehead atoms. The van der Waals surface area contributed by atoms with Crippen LogP contribution in [0.2, 0.25) is 0 Å². The first-order valence-corrected chi connectivity index (χ1v) is 9.50. The normalized spacial score (nSPS) is 29.3. The zero-order chi connectivity index (χ0) is 18.3. The molecule has 7 heteroatoms. The topological polar surface area (TPSA) is 86.6 Å². The van der Waals surface area contributed by atoms with Gasteiger partial charge in [-0.1, -0.05) is 12.8 Å². The largest absolute Gasteiger partial charge is 0.481 e. The molecule has 3 fully saturated rings. The number of hydrogen-bond acceptors (Lipinski definition) is 5. The maximum atomic E-state index is 12.8. The Hall–Kier alpha value is -2.02. The Labute approximate surface area is 153 Å². The first-order chi connectivity index (χ1) is 12.5. The highest BCUT2D eigenvalue weighted by Crippen LogP contribution is 2.44. The van der Waals surface area contributed by atoms with Crippen LogP contribution in [0.1, 0.15) is 37.1 Å². The number of amides is 1. The summed E-state index contributed by atoms with van der Waals surface area (Å²) in [5, 5.41) is 9.97. The summed E-state index contributed by atoms with van der Waals surface area (Å²) in [6, 6.07) is 0. The van der Waals surface area contributed by atoms with Crippen molar-refractivity contribution in [1.29, 1.82) is 0 Å². The molecule has 7 nitrogen and oxygen atoms in total. The molecule has 1 aliphatic carbocycles. The highest BCUT2D eigenvalue weighted by molar-refractivity contribution is 5.83. The van der Waals surface area contributed by atoms with E-state index in [0.29, 0.717) is 32.7 Å². The van der Waals surface area contributed by atoms with Crippen LogP contribution in [0.3, 0.4) is 0 Å². The lowest BCUT2D eigenvalue weighted by Gasteiger charge is -2.26. The zero-order valence-electron chi connectivity index (χ0n) is 15.2. The molecule has 0 radical (unpaired) electrons. The van der Waals surface area contributed by atoms with Gasteiger partial charge in [-0.2, -0.15) is 0 Å². The molecule has 4 rings (SSSR count). The van der Waals surface area contributed by atoms with Gasteiger partial charge < -0.3 is 10.0 Å². The van der Waals surface area contributed by atoms with E-state index in [1.165, 1.54) is 0 Å². The van der Waals surface area contributed by atoms with E-state index in [2.05, 4.69) is 14.9 Å². The predicted octanol–water partition coefficient (Wildman–Crippen LogP) is 1.32. The number of carboxylic acids is 1. The molecule has 3 heterocycles. The maximum Gasteiger partial charge on any atom is 0.313 e. The van der Waals surface area contributed by atoms with Crippen LogP contribution >= 0.6 is 0 Å². The standard InChI is InChI=1S/C19H26N4O3/c1-13-20-6-14(7-21-13)8-22-9-16-10-23(12-19(16,11-22)18(25)26)17(24)15-4-2-3-5-15/h6-7,15-16H,2-5,8-12H2,1H3,(H,25,26)/t16-,19-/m0/s1. The fourth-order valence-electron chi connectivity index (χ4n) is 4.95. The molecule has 1 saturated carbocycles. The van der Waals surface area contributed by atoms with E-state index >= 15 is 0 Å². The van der Waals surface area contributed by atoms with Crippen molar-refractivity contribution in [3.05, 3.63) is 23.8 Å². The molecule has 26 heavy (non-hydrogen) atoms. The fourth-order valence-corrected chi connectivity index (χ4v) is 4.95. The van der Waals surface area contributed by atoms with Gasteiger partial charge in [0.25, 0.3) is 0 Å². The second-order valence-corrected chi connectivity index (χ2v) is 8.17. The maximum absolute atomic E-state index is 12.8. The minimum absolute atomic E-state index is 0.00304. The SMILES string of the molecule is Cc1ncc(CN2C[C@H]3CN(C(=O)C4CCCC4)C[C@@]3(C(=O)O)C2)cn1. The lowest BCUT2D eigenvalue weighted by atomic mass is 9.81. The lowest BCUT2D eigenvalue weighted by molar-refractivity contribution is -0.149. The number of aromatic nitrogens is 2. The van der Waals surface area contributed by atoms with E-state index in [0.717, 1.165) is 37.1 Å². The summed E-state index contributed by atoms with van der Waals surface area (Å²) in [7, 11) is 0. The molecular formula is C19H26N4O3. The molecule has 0 spiro atoms. The summed E-state index contributed by atoms with van der Waals surface area (Å²) in [6.07, 6.45) is 7.76. The van der Waals surface area contributed by atoms with Gasteiger partial charge in [0.1, 0.15) is 11.2 Å². The highest BCUT2D eigenvalue weighted by Gasteiger charge is 2.58. The first-order valence-electron chi connectivity index (χ1n) is 9.50. The number of carbonyl (C=O) groups is 2. The number of hydrogen-bond donors (Lipinski definition) is 1. The van der Waals surface area contributed by atoms with E-state index in [-0.39, 0.29) is 17.7 Å². The minimum atomic E-state index is -0.834. The van der Waals surface area contributed by atoms with Crippen molar-refractivity contribution in [1.82, 2.24) is 19.8 Å². The van der Waals surface area contributed by atoms with Crippen LogP contribution in [0.25, 0.3) is 0 Å². The van der Waals surface area contributed by atoms with Crippen LogP contribution in [0.5, 0.6) is 0 Å². The van der Waals surface area contributed by atoms with Crippen molar-refractivity contribution in [2.45, 2.75) is 39.2 Å². The molecule has 1 aromatic heterocycles. The van der Waals surface area contributed by atoms with Crippen molar-refractivity contribution in [2.24, 2.45) is 17.3 Å². The van der Waals surface area contributed by atoms with Crippen LogP contribution in [-0.4, -0.2) is 62.9 Å². The summed E-state index contributed by atoms with van der Waals surface area (Å²) in [5.41, 5.74) is 0.162. The molecule has 1 N–H and O–H groups in total. The van der Waals surface area contributed by atoms with E-state index in [1.54, 1.807) is 12.4 Å². The van der Waals surface area contributed by atoms with Gasteiger partial charge in [0.2, 0.25) is 5.91 Å². The number of aliphatic carboxylic acids is 1. The van der Waals surface area contributed by atoms with Crippen LogP contribution in [0, 0.1) is 24.2 Å². The predicted molar refractivity (Wildman–Crippen MR) is 94.1 cm³/mol. The molecule has 2 saturated heterocycles. The first kappa shape index (κ1) is 17.4. The van der Waals surface area contributed by atoms with Gasteiger partial charge >= 0.3 is 5.97 Å². The summed E-state index contributed by atoms with van der Waals surface area (Å²) < 4.78 is 0. The van der Waals surface area contributed by atoms with Gasteiger partial charge in [0.15, 0.2) is 0 Å². The number of likely N-dealkylation sites (tertiary alicyclic amines) is 2. The quantitative estimate of drug-likeness (QED) is 0.874. The molecule has 2 aliphatic heterocycles. The molecule has 1 amide bonds. The lowest BCUT2D eigenvalue weighted by Crippen LogP contribution is -2.42. The van der Waals surface area contributed by atoms with Gasteiger partial charge in [0.05, 0.1) is 0 Å². The second-order valence-electron chi connectivity index (χ2n) is 8.17. The molecule has 0 aromatic carbocycles. The third kappa shape index (κ3) is 2.98. The Kier molecular flexibility index (Phi) is 4.42. The molecule has 3 aliphatic rings. The van der Waals surface area contributed by atoms with Crippen LogP contribution in [-0.2, 0) is 16.1 Å². The van der Waals surface area contributed by atoms with Crippen LogP contribution < -0.4 is 0 Å². The van der Waals surface area contributed by atoms with Crippen LogP contribution in [0.15, 0.2) is 12.4 Å². The van der Waals surface area contributed by atoms with Crippen molar-refractivity contribution in [3.8, 4) is 0 Å². The Morgan fingerprint density at radius 2 is 1.88 bits per heavy atom. The fraction of sp³-hybridized carbons (Fsp3) is 0.684. The summed E-state index contributed by atoms with van der Waals surface area (Å²) >= 11 is 0.